The first-order valence-corrected chi connectivity index (χ1v) is 9.88. The van der Waals surface area contributed by atoms with Gasteiger partial charge >= 0.3 is 11.9 Å². The number of esters is 2. The molecule has 0 aliphatic rings. The van der Waals surface area contributed by atoms with Crippen molar-refractivity contribution in [2.45, 2.75) is 63.2 Å². The molecular formula is C14H26O8S2. The van der Waals surface area contributed by atoms with Gasteiger partial charge in [0.25, 0.3) is 0 Å². The van der Waals surface area contributed by atoms with Gasteiger partial charge in [-0.3, -0.25) is 18.0 Å². The second-order valence-corrected chi connectivity index (χ2v) is 7.92. The van der Waals surface area contributed by atoms with Crippen LogP contribution in [0.4, 0.5) is 0 Å². The number of rotatable bonds is 13. The van der Waals surface area contributed by atoms with Crippen LogP contribution in [0.1, 0.15) is 52.4 Å². The maximum Gasteiger partial charge on any atom is 0.307 e. The van der Waals surface area contributed by atoms with Crippen molar-refractivity contribution in [1.82, 2.24) is 0 Å². The molecule has 0 aliphatic heterocycles. The van der Waals surface area contributed by atoms with Gasteiger partial charge in [0.1, 0.15) is 0 Å². The summed E-state index contributed by atoms with van der Waals surface area (Å²) in [6, 6.07) is 0. The Morgan fingerprint density at radius 1 is 0.750 bits per heavy atom. The molecule has 0 saturated carbocycles. The third kappa shape index (κ3) is 10.8. The van der Waals surface area contributed by atoms with Gasteiger partial charge in [0.15, 0.2) is 33.0 Å². The van der Waals surface area contributed by atoms with E-state index in [0.29, 0.717) is 12.8 Å². The Bertz CT molecular complexity index is 400. The number of ether oxygens (including phenoxy) is 2. The molecule has 0 bridgehead atoms. The molecule has 4 unspecified atom stereocenters. The van der Waals surface area contributed by atoms with Gasteiger partial charge in [-0.05, 0) is 26.7 Å². The lowest BCUT2D eigenvalue weighted by molar-refractivity contribution is -0.146. The Morgan fingerprint density at radius 3 is 1.38 bits per heavy atom. The lowest BCUT2D eigenvalue weighted by atomic mass is 10.1. The van der Waals surface area contributed by atoms with Crippen molar-refractivity contribution >= 4 is 34.1 Å². The van der Waals surface area contributed by atoms with E-state index in [1.807, 2.05) is 0 Å². The standard InChI is InChI=1S/C14H26O8S2/c1-11(23(17)19-3)21-13(15)9-7-5-6-8-10-14(16)22-12(2)24(18)20-4/h11-12H,5-10H2,1-4H3. The summed E-state index contributed by atoms with van der Waals surface area (Å²) < 4.78 is 41.4. The highest BCUT2D eigenvalue weighted by molar-refractivity contribution is 7.80. The van der Waals surface area contributed by atoms with Crippen LogP contribution >= 0.6 is 0 Å². The van der Waals surface area contributed by atoms with Crippen LogP contribution in [0.5, 0.6) is 0 Å². The maximum atomic E-state index is 11.5. The molecule has 8 nitrogen and oxygen atoms in total. The Balaban J connectivity index is 3.70. The fourth-order valence-corrected chi connectivity index (χ4v) is 2.64. The van der Waals surface area contributed by atoms with Crippen molar-refractivity contribution < 1.29 is 35.8 Å². The molecule has 0 heterocycles. The maximum absolute atomic E-state index is 11.5. The molecule has 10 heteroatoms. The largest absolute Gasteiger partial charge is 0.446 e. The molecule has 0 amide bonds. The average Bonchev–Trinajstić information content (AvgIpc) is 2.55. The minimum atomic E-state index is -1.64. The van der Waals surface area contributed by atoms with E-state index in [0.717, 1.165) is 12.8 Å². The highest BCUT2D eigenvalue weighted by Crippen LogP contribution is 2.10. The molecule has 0 fully saturated rings. The lowest BCUT2D eigenvalue weighted by Gasteiger charge is -2.11. The summed E-state index contributed by atoms with van der Waals surface area (Å²) in [6.07, 6.45) is 3.18. The fourth-order valence-electron chi connectivity index (χ4n) is 1.73. The Morgan fingerprint density at radius 2 is 1.08 bits per heavy atom. The Hall–Kier alpha value is -0.840. The first kappa shape index (κ1) is 23.2. The zero-order chi connectivity index (χ0) is 18.5. The highest BCUT2D eigenvalue weighted by Gasteiger charge is 2.16. The van der Waals surface area contributed by atoms with E-state index in [-0.39, 0.29) is 12.8 Å². The summed E-state index contributed by atoms with van der Waals surface area (Å²) in [6.45, 7) is 3.00. The van der Waals surface area contributed by atoms with Crippen molar-refractivity contribution in [3.63, 3.8) is 0 Å². The van der Waals surface area contributed by atoms with E-state index in [9.17, 15) is 18.0 Å². The number of unbranched alkanes of at least 4 members (excludes halogenated alkanes) is 3. The van der Waals surface area contributed by atoms with Crippen LogP contribution in [0.15, 0.2) is 0 Å². The molecule has 142 valence electrons. The number of carbonyl (C=O) groups is 2. The van der Waals surface area contributed by atoms with E-state index in [1.165, 1.54) is 28.1 Å². The van der Waals surface area contributed by atoms with Gasteiger partial charge in [-0.15, -0.1) is 0 Å². The zero-order valence-corrected chi connectivity index (χ0v) is 16.1. The van der Waals surface area contributed by atoms with Crippen molar-refractivity contribution in [3.8, 4) is 0 Å². The summed E-state index contributed by atoms with van der Waals surface area (Å²) >= 11 is -3.28. The SMILES string of the molecule is COS(=O)C(C)OC(=O)CCCCCCC(=O)OC(C)S(=O)OC. The summed E-state index contributed by atoms with van der Waals surface area (Å²) in [4.78, 5) is 23.0. The second-order valence-electron chi connectivity index (χ2n) is 4.88. The Kier molecular flexibility index (Phi) is 13.0. The van der Waals surface area contributed by atoms with E-state index in [1.54, 1.807) is 0 Å². The molecule has 0 aromatic heterocycles. The first-order chi connectivity index (χ1) is 11.3. The minimum absolute atomic E-state index is 0.222. The van der Waals surface area contributed by atoms with E-state index in [2.05, 4.69) is 8.37 Å². The fraction of sp³-hybridized carbons (Fsp3) is 0.857. The number of hydrogen-bond donors (Lipinski definition) is 0. The van der Waals surface area contributed by atoms with Gasteiger partial charge < -0.3 is 9.47 Å². The van der Waals surface area contributed by atoms with Crippen LogP contribution in [0.25, 0.3) is 0 Å². The van der Waals surface area contributed by atoms with Crippen molar-refractivity contribution in [1.29, 1.82) is 0 Å². The van der Waals surface area contributed by atoms with Crippen LogP contribution in [0.3, 0.4) is 0 Å². The lowest BCUT2D eigenvalue weighted by Crippen LogP contribution is -2.20. The van der Waals surface area contributed by atoms with Crippen LogP contribution in [-0.2, 0) is 49.6 Å². The molecule has 24 heavy (non-hydrogen) atoms. The topological polar surface area (TPSA) is 105 Å². The molecule has 0 saturated heterocycles. The summed E-state index contributed by atoms with van der Waals surface area (Å²) in [7, 11) is 2.55. The van der Waals surface area contributed by atoms with Gasteiger partial charge in [0.2, 0.25) is 0 Å². The minimum Gasteiger partial charge on any atom is -0.446 e. The van der Waals surface area contributed by atoms with Crippen LogP contribution in [0.2, 0.25) is 0 Å². The summed E-state index contributed by atoms with van der Waals surface area (Å²) in [5.74, 6) is -0.855. The predicted molar refractivity (Wildman–Crippen MR) is 89.1 cm³/mol. The highest BCUT2D eigenvalue weighted by atomic mass is 32.2. The zero-order valence-electron chi connectivity index (χ0n) is 14.5. The summed E-state index contributed by atoms with van der Waals surface area (Å²) in [5, 5.41) is 0. The van der Waals surface area contributed by atoms with Crippen molar-refractivity contribution in [3.05, 3.63) is 0 Å². The molecule has 0 radical (unpaired) electrons. The van der Waals surface area contributed by atoms with E-state index < -0.39 is 45.0 Å². The Labute approximate surface area is 147 Å². The van der Waals surface area contributed by atoms with Crippen LogP contribution in [-0.4, -0.2) is 45.4 Å². The first-order valence-electron chi connectivity index (χ1n) is 7.60. The second kappa shape index (κ2) is 13.5. The smallest absolute Gasteiger partial charge is 0.307 e. The molecule has 4 atom stereocenters. The molecule has 0 aromatic carbocycles. The van der Waals surface area contributed by atoms with Crippen LogP contribution < -0.4 is 0 Å². The van der Waals surface area contributed by atoms with Gasteiger partial charge in [-0.25, -0.2) is 8.42 Å². The molecule has 0 aliphatic carbocycles. The number of carbonyl (C=O) groups excluding carboxylic acids is 2. The van der Waals surface area contributed by atoms with Gasteiger partial charge in [0, 0.05) is 12.8 Å². The van der Waals surface area contributed by atoms with Gasteiger partial charge in [0.05, 0.1) is 14.2 Å². The van der Waals surface area contributed by atoms with E-state index in [4.69, 9.17) is 9.47 Å². The number of hydrogen-bond acceptors (Lipinski definition) is 8. The molecule has 0 aromatic rings. The van der Waals surface area contributed by atoms with E-state index >= 15 is 0 Å². The molecule has 0 rings (SSSR count). The average molecular weight is 386 g/mol. The third-order valence-electron chi connectivity index (χ3n) is 2.98. The third-order valence-corrected chi connectivity index (χ3v) is 4.91. The predicted octanol–water partition coefficient (Wildman–Crippen LogP) is 1.73. The quantitative estimate of drug-likeness (QED) is 0.348. The van der Waals surface area contributed by atoms with Gasteiger partial charge in [-0.1, -0.05) is 12.8 Å². The summed E-state index contributed by atoms with van der Waals surface area (Å²) in [5.41, 5.74) is -1.59. The van der Waals surface area contributed by atoms with Crippen molar-refractivity contribution in [2.24, 2.45) is 0 Å². The van der Waals surface area contributed by atoms with Crippen molar-refractivity contribution in [2.75, 3.05) is 14.2 Å². The van der Waals surface area contributed by atoms with Crippen LogP contribution in [0, 0.1) is 0 Å². The normalized spacial score (nSPS) is 16.0. The monoisotopic (exact) mass is 386 g/mol. The molecular weight excluding hydrogens is 360 g/mol. The molecule has 0 spiro atoms. The van der Waals surface area contributed by atoms with Gasteiger partial charge in [-0.2, -0.15) is 0 Å². The molecule has 0 N–H and O–H groups in total.